The molecular formula is C20H23N3O5. The van der Waals surface area contributed by atoms with E-state index in [1.807, 2.05) is 31.2 Å². The number of aliphatic carboxylic acids is 1. The molecule has 3 N–H and O–H groups in total. The van der Waals surface area contributed by atoms with Crippen molar-refractivity contribution in [2.24, 2.45) is 0 Å². The van der Waals surface area contributed by atoms with Gasteiger partial charge in [-0.3, -0.25) is 19.7 Å². The van der Waals surface area contributed by atoms with Crippen molar-refractivity contribution in [1.82, 2.24) is 5.32 Å². The lowest BCUT2D eigenvalue weighted by atomic mass is 9.98. The highest BCUT2D eigenvalue weighted by molar-refractivity contribution is 5.77. The fourth-order valence-corrected chi connectivity index (χ4v) is 2.84. The van der Waals surface area contributed by atoms with Gasteiger partial charge < -0.3 is 15.7 Å². The van der Waals surface area contributed by atoms with Crippen LogP contribution in [0.15, 0.2) is 48.5 Å². The van der Waals surface area contributed by atoms with E-state index in [0.717, 1.165) is 16.8 Å². The molecule has 2 aromatic carbocycles. The van der Waals surface area contributed by atoms with Gasteiger partial charge in [-0.2, -0.15) is 0 Å². The van der Waals surface area contributed by atoms with Crippen molar-refractivity contribution in [2.75, 3.05) is 11.9 Å². The minimum absolute atomic E-state index is 0.0191. The number of nitro benzene ring substituents is 1. The van der Waals surface area contributed by atoms with E-state index < -0.39 is 16.9 Å². The lowest BCUT2D eigenvalue weighted by Crippen LogP contribution is -2.30. The van der Waals surface area contributed by atoms with Crippen molar-refractivity contribution in [3.63, 3.8) is 0 Å². The minimum atomic E-state index is -0.978. The molecule has 0 heterocycles. The van der Waals surface area contributed by atoms with Crippen molar-refractivity contribution in [3.8, 4) is 0 Å². The molecule has 8 heteroatoms. The monoisotopic (exact) mass is 385 g/mol. The highest BCUT2D eigenvalue weighted by atomic mass is 16.6. The first-order valence-corrected chi connectivity index (χ1v) is 8.92. The largest absolute Gasteiger partial charge is 0.481 e. The number of carbonyl (C=O) groups is 2. The Balaban J connectivity index is 1.83. The predicted molar refractivity (Wildman–Crippen MR) is 105 cm³/mol. The van der Waals surface area contributed by atoms with Gasteiger partial charge in [-0.15, -0.1) is 0 Å². The lowest BCUT2D eigenvalue weighted by molar-refractivity contribution is -0.384. The molecular weight excluding hydrogens is 362 g/mol. The molecule has 0 saturated carbocycles. The Labute approximate surface area is 162 Å². The highest BCUT2D eigenvalue weighted by Crippen LogP contribution is 2.21. The van der Waals surface area contributed by atoms with Gasteiger partial charge >= 0.3 is 5.97 Å². The number of anilines is 1. The summed E-state index contributed by atoms with van der Waals surface area (Å²) in [6.45, 7) is 2.39. The number of nitrogens with one attached hydrogen (secondary N) is 2. The van der Waals surface area contributed by atoms with E-state index in [0.29, 0.717) is 13.0 Å². The van der Waals surface area contributed by atoms with Gasteiger partial charge in [-0.1, -0.05) is 24.3 Å². The lowest BCUT2D eigenvalue weighted by Gasteiger charge is -2.19. The van der Waals surface area contributed by atoms with Crippen LogP contribution in [0.3, 0.4) is 0 Å². The van der Waals surface area contributed by atoms with Gasteiger partial charge in [0.25, 0.3) is 5.69 Å². The average Bonchev–Trinajstić information content (AvgIpc) is 2.65. The smallest absolute Gasteiger partial charge is 0.305 e. The number of benzene rings is 2. The number of carboxylic acid groups (broad SMARTS) is 1. The molecule has 0 saturated heterocycles. The summed E-state index contributed by atoms with van der Waals surface area (Å²) in [6.07, 6.45) is 0.593. The van der Waals surface area contributed by atoms with Gasteiger partial charge in [-0.25, -0.2) is 0 Å². The maximum atomic E-state index is 12.2. The van der Waals surface area contributed by atoms with Crippen LogP contribution in [-0.2, 0) is 9.59 Å². The second-order valence-electron chi connectivity index (χ2n) is 6.41. The third-order valence-electron chi connectivity index (χ3n) is 4.27. The number of non-ortho nitro benzene ring substituents is 1. The van der Waals surface area contributed by atoms with Gasteiger partial charge in [0.1, 0.15) is 0 Å². The van der Waals surface area contributed by atoms with Crippen molar-refractivity contribution < 1.29 is 19.6 Å². The van der Waals surface area contributed by atoms with Crippen molar-refractivity contribution in [2.45, 2.75) is 32.2 Å². The zero-order valence-electron chi connectivity index (χ0n) is 15.6. The van der Waals surface area contributed by atoms with Crippen LogP contribution in [0.1, 0.15) is 36.4 Å². The van der Waals surface area contributed by atoms with E-state index in [1.165, 1.54) is 12.1 Å². The zero-order chi connectivity index (χ0) is 20.5. The molecule has 148 valence electrons. The molecule has 0 fully saturated rings. The average molecular weight is 385 g/mol. The Hall–Kier alpha value is -3.42. The summed E-state index contributed by atoms with van der Waals surface area (Å²) in [5.41, 5.74) is 2.47. The molecule has 0 spiro atoms. The molecule has 8 nitrogen and oxygen atoms in total. The number of nitrogens with zero attached hydrogens (tertiary/aromatic N) is 1. The topological polar surface area (TPSA) is 122 Å². The highest BCUT2D eigenvalue weighted by Gasteiger charge is 2.19. The number of rotatable bonds is 10. The van der Waals surface area contributed by atoms with Gasteiger partial charge in [0.05, 0.1) is 17.4 Å². The summed E-state index contributed by atoms with van der Waals surface area (Å²) in [4.78, 5) is 33.6. The van der Waals surface area contributed by atoms with E-state index in [2.05, 4.69) is 10.6 Å². The molecule has 2 rings (SSSR count). The fourth-order valence-electron chi connectivity index (χ4n) is 2.84. The number of carbonyl (C=O) groups excluding carboxylic acids is 1. The molecule has 1 amide bonds. The van der Waals surface area contributed by atoms with E-state index >= 15 is 0 Å². The van der Waals surface area contributed by atoms with Crippen molar-refractivity contribution >= 4 is 23.3 Å². The van der Waals surface area contributed by atoms with Crippen LogP contribution < -0.4 is 10.6 Å². The zero-order valence-corrected chi connectivity index (χ0v) is 15.6. The van der Waals surface area contributed by atoms with Crippen molar-refractivity contribution in [1.29, 1.82) is 0 Å². The SMILES string of the molecule is Cc1ccccc1C(CC(=O)O)NC(=O)CCCNc1ccc([N+](=O)[O-])cc1. The van der Waals surface area contributed by atoms with Crippen LogP contribution in [-0.4, -0.2) is 28.5 Å². The Morgan fingerprint density at radius 2 is 1.82 bits per heavy atom. The second-order valence-corrected chi connectivity index (χ2v) is 6.41. The maximum absolute atomic E-state index is 12.2. The van der Waals surface area contributed by atoms with Crippen LogP contribution in [0.4, 0.5) is 11.4 Å². The number of hydrogen-bond donors (Lipinski definition) is 3. The van der Waals surface area contributed by atoms with Crippen molar-refractivity contribution in [3.05, 3.63) is 69.8 Å². The van der Waals surface area contributed by atoms with Crippen LogP contribution in [0, 0.1) is 17.0 Å². The first-order chi connectivity index (χ1) is 13.4. The first kappa shape index (κ1) is 20.9. The molecule has 0 aliphatic rings. The Kier molecular flexibility index (Phi) is 7.50. The number of hydrogen-bond acceptors (Lipinski definition) is 5. The van der Waals surface area contributed by atoms with Crippen LogP contribution in [0.25, 0.3) is 0 Å². The number of carboxylic acids is 1. The van der Waals surface area contributed by atoms with Crippen LogP contribution in [0.2, 0.25) is 0 Å². The van der Waals surface area contributed by atoms with Gasteiger partial charge in [0, 0.05) is 30.8 Å². The summed E-state index contributed by atoms with van der Waals surface area (Å²) in [5.74, 6) is -1.20. The molecule has 28 heavy (non-hydrogen) atoms. The minimum Gasteiger partial charge on any atom is -0.481 e. The molecule has 0 bridgehead atoms. The molecule has 2 aromatic rings. The van der Waals surface area contributed by atoms with Gasteiger partial charge in [-0.05, 0) is 36.6 Å². The second kappa shape index (κ2) is 10.1. The third kappa shape index (κ3) is 6.39. The Morgan fingerprint density at radius 1 is 1.14 bits per heavy atom. The normalized spacial score (nSPS) is 11.5. The molecule has 0 aromatic heterocycles. The van der Waals surface area contributed by atoms with Gasteiger partial charge in [0.15, 0.2) is 0 Å². The molecule has 1 atom stereocenters. The molecule has 1 unspecified atom stereocenters. The summed E-state index contributed by atoms with van der Waals surface area (Å²) in [7, 11) is 0. The molecule has 0 aliphatic carbocycles. The van der Waals surface area contributed by atoms with Crippen LogP contribution in [0.5, 0.6) is 0 Å². The number of nitro groups is 1. The maximum Gasteiger partial charge on any atom is 0.305 e. The summed E-state index contributed by atoms with van der Waals surface area (Å²) in [6, 6.07) is 12.8. The Morgan fingerprint density at radius 3 is 2.43 bits per heavy atom. The number of amides is 1. The molecule has 0 aliphatic heterocycles. The predicted octanol–water partition coefficient (Wildman–Crippen LogP) is 3.43. The number of aryl methyl sites for hydroxylation is 1. The van der Waals surface area contributed by atoms with E-state index in [1.54, 1.807) is 12.1 Å². The van der Waals surface area contributed by atoms with E-state index in [4.69, 9.17) is 5.11 Å². The van der Waals surface area contributed by atoms with Gasteiger partial charge in [0.2, 0.25) is 5.91 Å². The van der Waals surface area contributed by atoms with Crippen LogP contribution >= 0.6 is 0 Å². The summed E-state index contributed by atoms with van der Waals surface area (Å²) < 4.78 is 0. The molecule has 0 radical (unpaired) electrons. The Bertz CT molecular complexity index is 836. The summed E-state index contributed by atoms with van der Waals surface area (Å²) in [5, 5.41) is 25.7. The standard InChI is InChI=1S/C20H23N3O5/c1-14-5-2-3-6-17(14)18(13-20(25)26)22-19(24)7-4-12-21-15-8-10-16(11-9-15)23(27)28/h2-3,5-6,8-11,18,21H,4,7,12-13H2,1H3,(H,22,24)(H,25,26). The third-order valence-corrected chi connectivity index (χ3v) is 4.27. The summed E-state index contributed by atoms with van der Waals surface area (Å²) >= 11 is 0. The van der Waals surface area contributed by atoms with E-state index in [-0.39, 0.29) is 24.4 Å². The first-order valence-electron chi connectivity index (χ1n) is 8.92. The quantitative estimate of drug-likeness (QED) is 0.327. The van der Waals surface area contributed by atoms with E-state index in [9.17, 15) is 19.7 Å². The fraction of sp³-hybridized carbons (Fsp3) is 0.300.